The average molecular weight is 420 g/mol. The SMILES string of the molecule is COC1(c2cccc(C(N)=O)c2)C2CCCC1CN([C@H](C)c1n[nH]c3cnccc13)C2. The van der Waals surface area contributed by atoms with Gasteiger partial charge in [0.2, 0.25) is 5.91 Å². The van der Waals surface area contributed by atoms with Gasteiger partial charge in [-0.15, -0.1) is 0 Å². The van der Waals surface area contributed by atoms with Crippen molar-refractivity contribution in [2.45, 2.75) is 37.8 Å². The van der Waals surface area contributed by atoms with Crippen LogP contribution in [0.15, 0.2) is 42.7 Å². The molecule has 2 unspecified atom stereocenters. The Morgan fingerprint density at radius 2 is 2.06 bits per heavy atom. The van der Waals surface area contributed by atoms with E-state index in [0.29, 0.717) is 17.4 Å². The third kappa shape index (κ3) is 3.15. The van der Waals surface area contributed by atoms with Crippen LogP contribution in [0, 0.1) is 11.8 Å². The molecular formula is C24H29N5O2. The molecule has 1 aromatic carbocycles. The minimum absolute atomic E-state index is 0.186. The number of primary amides is 1. The zero-order chi connectivity index (χ0) is 21.6. The number of H-pyrrole nitrogens is 1. The summed E-state index contributed by atoms with van der Waals surface area (Å²) >= 11 is 0. The van der Waals surface area contributed by atoms with Gasteiger partial charge in [0.05, 0.1) is 23.4 Å². The van der Waals surface area contributed by atoms with E-state index in [9.17, 15) is 4.79 Å². The van der Waals surface area contributed by atoms with E-state index in [1.54, 1.807) is 6.07 Å². The summed E-state index contributed by atoms with van der Waals surface area (Å²) in [7, 11) is 1.82. The first-order valence-electron chi connectivity index (χ1n) is 11.0. The first-order valence-corrected chi connectivity index (χ1v) is 11.0. The number of carbonyl (C=O) groups is 1. The lowest BCUT2D eigenvalue weighted by atomic mass is 9.62. The molecule has 2 bridgehead atoms. The summed E-state index contributed by atoms with van der Waals surface area (Å²) in [6.45, 7) is 4.08. The van der Waals surface area contributed by atoms with Gasteiger partial charge in [-0.1, -0.05) is 18.6 Å². The van der Waals surface area contributed by atoms with Gasteiger partial charge < -0.3 is 10.5 Å². The maximum atomic E-state index is 11.8. The Morgan fingerprint density at radius 3 is 2.77 bits per heavy atom. The van der Waals surface area contributed by atoms with E-state index in [2.05, 4.69) is 33.1 Å². The van der Waals surface area contributed by atoms with Crippen molar-refractivity contribution in [1.82, 2.24) is 20.1 Å². The molecule has 162 valence electrons. The molecule has 3 aromatic rings. The van der Waals surface area contributed by atoms with E-state index < -0.39 is 11.5 Å². The summed E-state index contributed by atoms with van der Waals surface area (Å²) in [5.74, 6) is 0.272. The van der Waals surface area contributed by atoms with Gasteiger partial charge in [0.1, 0.15) is 5.60 Å². The number of benzene rings is 1. The maximum Gasteiger partial charge on any atom is 0.248 e. The number of hydrogen-bond donors (Lipinski definition) is 2. The lowest BCUT2D eigenvalue weighted by Crippen LogP contribution is -2.59. The number of likely N-dealkylation sites (tertiary alicyclic amines) is 1. The molecule has 7 heteroatoms. The monoisotopic (exact) mass is 419 g/mol. The van der Waals surface area contributed by atoms with Crippen molar-refractivity contribution in [2.75, 3.05) is 20.2 Å². The standard InChI is InChI=1S/C24H29N5O2/c1-15(22-20-9-10-26-12-21(20)27-28-22)29-13-18-7-4-8-19(14-29)24(18,31-2)17-6-3-5-16(11-17)23(25)30/h3,5-6,9-12,15,18-19H,4,7-8,13-14H2,1-2H3,(H2,25,30)(H,27,28)/t15-,18?,19?,24?/m1/s1. The molecule has 1 saturated carbocycles. The van der Waals surface area contributed by atoms with E-state index in [0.717, 1.165) is 48.1 Å². The number of carbonyl (C=O) groups excluding carboxylic acids is 1. The van der Waals surface area contributed by atoms with Crippen molar-refractivity contribution in [2.24, 2.45) is 17.6 Å². The molecule has 1 saturated heterocycles. The highest BCUT2D eigenvalue weighted by Gasteiger charge is 2.54. The zero-order valence-electron chi connectivity index (χ0n) is 18.0. The lowest BCUT2D eigenvalue weighted by molar-refractivity contribution is -0.174. The van der Waals surface area contributed by atoms with Crippen molar-refractivity contribution >= 4 is 16.8 Å². The Kier molecular flexibility index (Phi) is 5.02. The van der Waals surface area contributed by atoms with Crippen LogP contribution in [-0.4, -0.2) is 46.2 Å². The number of hydrogen-bond acceptors (Lipinski definition) is 5. The van der Waals surface area contributed by atoms with Crippen molar-refractivity contribution in [3.8, 4) is 0 Å². The summed E-state index contributed by atoms with van der Waals surface area (Å²) in [5, 5.41) is 8.87. The number of pyridine rings is 1. The Morgan fingerprint density at radius 1 is 1.29 bits per heavy atom. The van der Waals surface area contributed by atoms with Crippen LogP contribution in [0.1, 0.15) is 53.8 Å². The summed E-state index contributed by atoms with van der Waals surface area (Å²) in [5.41, 5.74) is 8.83. The Bertz CT molecular complexity index is 1100. The fourth-order valence-corrected chi connectivity index (χ4v) is 6.00. The number of ether oxygens (including phenoxy) is 1. The van der Waals surface area contributed by atoms with Gasteiger partial charge in [0.15, 0.2) is 0 Å². The van der Waals surface area contributed by atoms with Crippen molar-refractivity contribution in [3.63, 3.8) is 0 Å². The zero-order valence-corrected chi connectivity index (χ0v) is 18.0. The van der Waals surface area contributed by atoms with E-state index in [1.807, 2.05) is 37.7 Å². The molecule has 7 nitrogen and oxygen atoms in total. The quantitative estimate of drug-likeness (QED) is 0.661. The average Bonchev–Trinajstić information content (AvgIpc) is 3.21. The summed E-state index contributed by atoms with van der Waals surface area (Å²) in [4.78, 5) is 18.5. The van der Waals surface area contributed by atoms with Gasteiger partial charge in [-0.3, -0.25) is 19.8 Å². The van der Waals surface area contributed by atoms with Crippen LogP contribution < -0.4 is 5.73 Å². The molecule has 3 atom stereocenters. The van der Waals surface area contributed by atoms with Crippen LogP contribution in [-0.2, 0) is 10.3 Å². The molecule has 2 aliphatic rings. The number of aromatic nitrogens is 3. The van der Waals surface area contributed by atoms with Gasteiger partial charge in [-0.2, -0.15) is 5.10 Å². The number of nitrogens with two attached hydrogens (primary N) is 1. The molecular weight excluding hydrogens is 390 g/mol. The van der Waals surface area contributed by atoms with Gasteiger partial charge in [0, 0.05) is 49.2 Å². The number of aromatic amines is 1. The first kappa shape index (κ1) is 20.2. The highest BCUT2D eigenvalue weighted by atomic mass is 16.5. The van der Waals surface area contributed by atoms with Gasteiger partial charge in [-0.05, 0) is 43.5 Å². The molecule has 2 fully saturated rings. The van der Waals surface area contributed by atoms with E-state index >= 15 is 0 Å². The minimum Gasteiger partial charge on any atom is -0.373 e. The van der Waals surface area contributed by atoms with Crippen LogP contribution in [0.3, 0.4) is 0 Å². The van der Waals surface area contributed by atoms with Gasteiger partial charge in [-0.25, -0.2) is 0 Å². The third-order valence-electron chi connectivity index (χ3n) is 7.50. The van der Waals surface area contributed by atoms with Crippen molar-refractivity contribution in [1.29, 1.82) is 0 Å². The first-order chi connectivity index (χ1) is 15.0. The van der Waals surface area contributed by atoms with Crippen LogP contribution >= 0.6 is 0 Å². The summed E-state index contributed by atoms with van der Waals surface area (Å²) < 4.78 is 6.35. The Balaban J connectivity index is 1.49. The Labute approximate surface area is 182 Å². The third-order valence-corrected chi connectivity index (χ3v) is 7.50. The van der Waals surface area contributed by atoms with Crippen molar-refractivity contribution < 1.29 is 9.53 Å². The van der Waals surface area contributed by atoms with Gasteiger partial charge >= 0.3 is 0 Å². The van der Waals surface area contributed by atoms with Crippen molar-refractivity contribution in [3.05, 3.63) is 59.5 Å². The fourth-order valence-electron chi connectivity index (χ4n) is 6.00. The molecule has 3 heterocycles. The summed E-state index contributed by atoms with van der Waals surface area (Å²) in [6, 6.07) is 9.94. The van der Waals surface area contributed by atoms with E-state index in [1.165, 1.54) is 6.42 Å². The molecule has 0 radical (unpaired) electrons. The predicted molar refractivity (Wildman–Crippen MR) is 118 cm³/mol. The van der Waals surface area contributed by atoms with Crippen LogP contribution in [0.4, 0.5) is 0 Å². The molecule has 3 N–H and O–H groups in total. The minimum atomic E-state index is -0.399. The molecule has 1 amide bonds. The van der Waals surface area contributed by atoms with Gasteiger partial charge in [0.25, 0.3) is 0 Å². The van der Waals surface area contributed by atoms with Crippen LogP contribution in [0.5, 0.6) is 0 Å². The number of fused-ring (bicyclic) bond motifs is 3. The fraction of sp³-hybridized carbons (Fsp3) is 0.458. The highest BCUT2D eigenvalue weighted by Crippen LogP contribution is 2.52. The number of amides is 1. The van der Waals surface area contributed by atoms with E-state index in [-0.39, 0.29) is 6.04 Å². The number of rotatable bonds is 5. The largest absolute Gasteiger partial charge is 0.373 e. The predicted octanol–water partition coefficient (Wildman–Crippen LogP) is 3.39. The molecule has 1 aliphatic carbocycles. The molecule has 5 rings (SSSR count). The number of nitrogens with one attached hydrogen (secondary N) is 1. The Hall–Kier alpha value is -2.77. The normalized spacial score (nSPS) is 27.3. The summed E-state index contributed by atoms with van der Waals surface area (Å²) in [6.07, 6.45) is 7.04. The topological polar surface area (TPSA) is 97.1 Å². The maximum absolute atomic E-state index is 11.8. The molecule has 1 aliphatic heterocycles. The highest BCUT2D eigenvalue weighted by molar-refractivity contribution is 5.93. The number of methoxy groups -OCH3 is 1. The number of nitrogens with zero attached hydrogens (tertiary/aromatic N) is 3. The molecule has 0 spiro atoms. The lowest BCUT2D eigenvalue weighted by Gasteiger charge is -2.56. The van der Waals surface area contributed by atoms with Crippen LogP contribution in [0.2, 0.25) is 0 Å². The second kappa shape index (κ2) is 7.73. The molecule has 2 aromatic heterocycles. The number of piperidine rings is 1. The second-order valence-electron chi connectivity index (χ2n) is 8.93. The molecule has 31 heavy (non-hydrogen) atoms. The second-order valence-corrected chi connectivity index (χ2v) is 8.93. The van der Waals surface area contributed by atoms with Crippen LogP contribution in [0.25, 0.3) is 10.9 Å². The smallest absolute Gasteiger partial charge is 0.248 e. The van der Waals surface area contributed by atoms with E-state index in [4.69, 9.17) is 10.5 Å².